The SMILES string of the molecule is C[C@H](CCC[C@H](C)C(=O)NCCS(=O)(=O)O)[C@H]1C[C@H](O)[C@H]2[C@@H]3C[C@@H](O)[C@@]4(O)C[C@@H](O)CC[C@]4(C)[C@H]3CC[C@@]21C. The zero-order chi connectivity index (χ0) is 29.0. The lowest BCUT2D eigenvalue weighted by Crippen LogP contribution is -2.69. The van der Waals surface area contributed by atoms with Crippen molar-refractivity contribution in [3.8, 4) is 0 Å². The van der Waals surface area contributed by atoms with Crippen LogP contribution in [0.4, 0.5) is 0 Å². The van der Waals surface area contributed by atoms with E-state index in [0.29, 0.717) is 37.5 Å². The average Bonchev–Trinajstić information content (AvgIpc) is 3.11. The minimum atomic E-state index is -4.10. The second kappa shape index (κ2) is 11.1. The van der Waals surface area contributed by atoms with Crippen LogP contribution >= 0.6 is 0 Å². The van der Waals surface area contributed by atoms with Gasteiger partial charge in [-0.15, -0.1) is 0 Å². The smallest absolute Gasteiger partial charge is 0.266 e. The molecule has 4 aliphatic rings. The molecule has 4 fully saturated rings. The number of hydrogen-bond acceptors (Lipinski definition) is 7. The summed E-state index contributed by atoms with van der Waals surface area (Å²) in [5.74, 6) is 0.127. The van der Waals surface area contributed by atoms with E-state index in [0.717, 1.165) is 32.1 Å². The highest BCUT2D eigenvalue weighted by molar-refractivity contribution is 7.85. The molecule has 9 nitrogen and oxygen atoms in total. The van der Waals surface area contributed by atoms with Gasteiger partial charge in [-0.25, -0.2) is 0 Å². The van der Waals surface area contributed by atoms with E-state index in [1.807, 2.05) is 6.92 Å². The van der Waals surface area contributed by atoms with E-state index in [1.165, 1.54) is 0 Å². The molecule has 0 bridgehead atoms. The summed E-state index contributed by atoms with van der Waals surface area (Å²) < 4.78 is 30.5. The first-order chi connectivity index (χ1) is 18.0. The summed E-state index contributed by atoms with van der Waals surface area (Å²) in [4.78, 5) is 12.3. The number of carbonyl (C=O) groups is 1. The predicted octanol–water partition coefficient (Wildman–Crippen LogP) is 2.51. The molecule has 10 heteroatoms. The summed E-state index contributed by atoms with van der Waals surface area (Å²) in [6, 6.07) is 0. The molecule has 0 radical (unpaired) electrons. The van der Waals surface area contributed by atoms with Gasteiger partial charge in [0.25, 0.3) is 10.1 Å². The zero-order valence-corrected chi connectivity index (χ0v) is 24.9. The molecule has 0 aliphatic heterocycles. The summed E-state index contributed by atoms with van der Waals surface area (Å²) in [5.41, 5.74) is -1.82. The predicted molar refractivity (Wildman–Crippen MR) is 147 cm³/mol. The molecule has 12 atom stereocenters. The van der Waals surface area contributed by atoms with Crippen molar-refractivity contribution in [2.75, 3.05) is 12.3 Å². The standard InChI is InChI=1S/C29H51NO8S/c1-17(6-5-7-18(2)26(34)30-12-13-39(36,37)38)22-15-23(32)25-20-14-24(33)29(35)16-19(31)8-11-28(29,4)21(20)9-10-27(22,25)3/h17-25,31-33,35H,5-16H2,1-4H3,(H,30,34)(H,36,37,38)/t17-,18+,19+,20-,21+,22-,23+,24-,25-,27-,28-,29+/m1/s1. The van der Waals surface area contributed by atoms with Gasteiger partial charge in [-0.1, -0.05) is 40.5 Å². The van der Waals surface area contributed by atoms with Crippen molar-refractivity contribution < 1.29 is 38.2 Å². The van der Waals surface area contributed by atoms with Crippen molar-refractivity contribution in [3.05, 3.63) is 0 Å². The third kappa shape index (κ3) is 5.67. The number of aliphatic hydroxyl groups excluding tert-OH is 3. The van der Waals surface area contributed by atoms with Crippen LogP contribution in [0, 0.1) is 46.3 Å². The summed E-state index contributed by atoms with van der Waals surface area (Å²) in [7, 11) is -4.10. The number of rotatable bonds is 9. The second-order valence-electron chi connectivity index (χ2n) is 14.1. The van der Waals surface area contributed by atoms with E-state index >= 15 is 0 Å². The largest absolute Gasteiger partial charge is 0.393 e. The Morgan fingerprint density at radius 3 is 2.41 bits per heavy atom. The molecule has 4 aliphatic carbocycles. The first-order valence-corrected chi connectivity index (χ1v) is 16.6. The molecule has 6 N–H and O–H groups in total. The van der Waals surface area contributed by atoms with Gasteiger partial charge < -0.3 is 25.7 Å². The quantitative estimate of drug-likeness (QED) is 0.229. The van der Waals surface area contributed by atoms with Crippen LogP contribution in [0.1, 0.15) is 91.9 Å². The number of carbonyl (C=O) groups excluding carboxylic acids is 1. The maximum absolute atomic E-state index is 12.3. The van der Waals surface area contributed by atoms with Gasteiger partial charge in [0.1, 0.15) is 0 Å². The minimum Gasteiger partial charge on any atom is -0.393 e. The van der Waals surface area contributed by atoms with Crippen molar-refractivity contribution >= 4 is 16.0 Å². The summed E-state index contributed by atoms with van der Waals surface area (Å²) in [6.45, 7) is 8.38. The van der Waals surface area contributed by atoms with Crippen LogP contribution in [0.15, 0.2) is 0 Å². The highest BCUT2D eigenvalue weighted by Gasteiger charge is 2.68. The topological polar surface area (TPSA) is 164 Å². The van der Waals surface area contributed by atoms with Crippen LogP contribution in [-0.2, 0) is 14.9 Å². The molecule has 0 unspecified atom stereocenters. The molecule has 39 heavy (non-hydrogen) atoms. The van der Waals surface area contributed by atoms with Crippen molar-refractivity contribution in [1.82, 2.24) is 5.32 Å². The molecule has 0 saturated heterocycles. The Kier molecular flexibility index (Phi) is 8.90. The second-order valence-corrected chi connectivity index (χ2v) is 15.7. The normalized spacial score (nSPS) is 45.5. The van der Waals surface area contributed by atoms with Gasteiger partial charge in [-0.2, -0.15) is 8.42 Å². The van der Waals surface area contributed by atoms with Crippen LogP contribution in [0.25, 0.3) is 0 Å². The van der Waals surface area contributed by atoms with Crippen molar-refractivity contribution in [1.29, 1.82) is 0 Å². The summed E-state index contributed by atoms with van der Waals surface area (Å²) >= 11 is 0. The van der Waals surface area contributed by atoms with E-state index in [4.69, 9.17) is 4.55 Å². The lowest BCUT2D eigenvalue weighted by molar-refractivity contribution is -0.268. The Hall–Kier alpha value is -0.780. The van der Waals surface area contributed by atoms with Gasteiger partial charge in [0, 0.05) is 24.3 Å². The number of fused-ring (bicyclic) bond motifs is 5. The maximum atomic E-state index is 12.3. The summed E-state index contributed by atoms with van der Waals surface area (Å²) in [5, 5.41) is 47.2. The molecule has 0 spiro atoms. The molecule has 1 amide bonds. The van der Waals surface area contributed by atoms with E-state index < -0.39 is 45.2 Å². The van der Waals surface area contributed by atoms with E-state index in [9.17, 15) is 33.6 Å². The van der Waals surface area contributed by atoms with Gasteiger partial charge in [-0.3, -0.25) is 9.35 Å². The monoisotopic (exact) mass is 573 g/mol. The fraction of sp³-hybridized carbons (Fsp3) is 0.966. The van der Waals surface area contributed by atoms with Gasteiger partial charge in [0.05, 0.1) is 29.7 Å². The van der Waals surface area contributed by atoms with Crippen molar-refractivity contribution in [3.63, 3.8) is 0 Å². The van der Waals surface area contributed by atoms with Crippen molar-refractivity contribution in [2.45, 2.75) is 116 Å². The summed E-state index contributed by atoms with van der Waals surface area (Å²) in [6.07, 6.45) is 5.17. The van der Waals surface area contributed by atoms with Gasteiger partial charge in [0.2, 0.25) is 5.91 Å². The number of amides is 1. The van der Waals surface area contributed by atoms with Crippen LogP contribution in [0.2, 0.25) is 0 Å². The van der Waals surface area contributed by atoms with Crippen molar-refractivity contribution in [2.24, 2.45) is 46.3 Å². The molecule has 0 aromatic heterocycles. The molecule has 0 aromatic rings. The highest BCUT2D eigenvalue weighted by atomic mass is 32.2. The molecule has 4 saturated carbocycles. The van der Waals surface area contributed by atoms with E-state index in [1.54, 1.807) is 0 Å². The van der Waals surface area contributed by atoms with Crippen LogP contribution < -0.4 is 5.32 Å². The molecule has 4 rings (SSSR count). The fourth-order valence-electron chi connectivity index (χ4n) is 9.81. The Morgan fingerprint density at radius 2 is 1.74 bits per heavy atom. The Morgan fingerprint density at radius 1 is 1.05 bits per heavy atom. The first kappa shape index (κ1) is 31.2. The lowest BCUT2D eigenvalue weighted by atomic mass is 9.42. The molecular weight excluding hydrogens is 522 g/mol. The number of nitrogens with one attached hydrogen (secondary N) is 1. The molecular formula is C29H51NO8S. The molecule has 0 heterocycles. The maximum Gasteiger partial charge on any atom is 0.266 e. The Balaban J connectivity index is 1.38. The highest BCUT2D eigenvalue weighted by Crippen LogP contribution is 2.69. The average molecular weight is 574 g/mol. The molecule has 0 aromatic carbocycles. The van der Waals surface area contributed by atoms with Gasteiger partial charge in [0.15, 0.2) is 0 Å². The van der Waals surface area contributed by atoms with Crippen LogP contribution in [0.5, 0.6) is 0 Å². The number of hydrogen-bond donors (Lipinski definition) is 6. The van der Waals surface area contributed by atoms with Gasteiger partial charge in [-0.05, 0) is 80.0 Å². The third-order valence-electron chi connectivity index (χ3n) is 12.0. The Labute approximate surface area is 233 Å². The van der Waals surface area contributed by atoms with Crippen LogP contribution in [0.3, 0.4) is 0 Å². The van der Waals surface area contributed by atoms with E-state index in [-0.39, 0.29) is 48.0 Å². The minimum absolute atomic E-state index is 0.0570. The van der Waals surface area contributed by atoms with E-state index in [2.05, 4.69) is 26.1 Å². The molecule has 226 valence electrons. The van der Waals surface area contributed by atoms with Crippen LogP contribution in [-0.4, -0.2) is 75.5 Å². The third-order valence-corrected chi connectivity index (χ3v) is 12.7. The lowest BCUT2D eigenvalue weighted by Gasteiger charge is -2.65. The zero-order valence-electron chi connectivity index (χ0n) is 24.1. The number of aliphatic hydroxyl groups is 4. The Bertz CT molecular complexity index is 1010. The fourth-order valence-corrected chi connectivity index (χ4v) is 10.2. The first-order valence-electron chi connectivity index (χ1n) is 15.0. The van der Waals surface area contributed by atoms with Gasteiger partial charge >= 0.3 is 0 Å².